The van der Waals surface area contributed by atoms with Gasteiger partial charge in [0, 0.05) is 32.1 Å². The lowest BCUT2D eigenvalue weighted by atomic mass is 9.89. The van der Waals surface area contributed by atoms with E-state index in [0.717, 1.165) is 56.5 Å². The number of aromatic nitrogens is 1. The van der Waals surface area contributed by atoms with Gasteiger partial charge in [0.15, 0.2) is 0 Å². The number of nitrogens with one attached hydrogen (secondary N) is 1. The highest BCUT2D eigenvalue weighted by molar-refractivity contribution is 5.75. The number of ether oxygens (including phenoxy) is 1. The standard InChI is InChI=1S/C23H29N3O2/c1-17-6-7-19(15-18(17)2)21(20-5-3-11-24-16-20)25-22(27)26-12-9-23(10-13-26)8-4-14-28-23/h3,5-7,11,15-16,21H,4,8-10,12-14H2,1-2H3,(H,25,27)/t21-/m0/s1. The average molecular weight is 380 g/mol. The molecule has 0 bridgehead atoms. The molecular weight excluding hydrogens is 350 g/mol. The molecule has 0 saturated carbocycles. The number of hydrogen-bond donors (Lipinski definition) is 1. The van der Waals surface area contributed by atoms with E-state index in [4.69, 9.17) is 4.74 Å². The van der Waals surface area contributed by atoms with Crippen molar-refractivity contribution in [2.45, 2.75) is 51.2 Å². The molecule has 1 spiro atoms. The van der Waals surface area contributed by atoms with Crippen LogP contribution in [-0.4, -0.2) is 41.2 Å². The number of nitrogens with zero attached hydrogens (tertiary/aromatic N) is 2. The van der Waals surface area contributed by atoms with Gasteiger partial charge in [-0.15, -0.1) is 0 Å². The van der Waals surface area contributed by atoms with Crippen molar-refractivity contribution in [3.63, 3.8) is 0 Å². The van der Waals surface area contributed by atoms with Crippen LogP contribution in [0.3, 0.4) is 0 Å². The van der Waals surface area contributed by atoms with Gasteiger partial charge < -0.3 is 15.0 Å². The Morgan fingerprint density at radius 1 is 1.14 bits per heavy atom. The quantitative estimate of drug-likeness (QED) is 0.872. The molecule has 3 heterocycles. The lowest BCUT2D eigenvalue weighted by molar-refractivity contribution is -0.0362. The summed E-state index contributed by atoms with van der Waals surface area (Å²) in [6.07, 6.45) is 7.72. The summed E-state index contributed by atoms with van der Waals surface area (Å²) >= 11 is 0. The van der Waals surface area contributed by atoms with Crippen LogP contribution in [0.4, 0.5) is 4.79 Å². The Bertz CT molecular complexity index is 821. The zero-order valence-corrected chi connectivity index (χ0v) is 16.8. The zero-order chi connectivity index (χ0) is 19.6. The highest BCUT2D eigenvalue weighted by Gasteiger charge is 2.39. The van der Waals surface area contributed by atoms with Gasteiger partial charge in [-0.2, -0.15) is 0 Å². The first-order chi connectivity index (χ1) is 13.6. The molecule has 0 radical (unpaired) electrons. The Hall–Kier alpha value is -2.40. The molecule has 5 nitrogen and oxygen atoms in total. The lowest BCUT2D eigenvalue weighted by Gasteiger charge is -2.39. The van der Waals surface area contributed by atoms with E-state index in [1.165, 1.54) is 11.1 Å². The Labute approximate surface area is 167 Å². The molecule has 2 aliphatic rings. The number of amides is 2. The molecule has 2 saturated heterocycles. The summed E-state index contributed by atoms with van der Waals surface area (Å²) in [6, 6.07) is 10.1. The molecule has 2 fully saturated rings. The maximum absolute atomic E-state index is 13.1. The minimum atomic E-state index is -0.209. The Morgan fingerprint density at radius 3 is 2.61 bits per heavy atom. The number of hydrogen-bond acceptors (Lipinski definition) is 3. The highest BCUT2D eigenvalue weighted by Crippen LogP contribution is 2.35. The molecule has 1 N–H and O–H groups in total. The van der Waals surface area contributed by atoms with Crippen LogP contribution in [0.1, 0.15) is 54.0 Å². The van der Waals surface area contributed by atoms with Gasteiger partial charge in [-0.3, -0.25) is 4.98 Å². The second kappa shape index (κ2) is 7.92. The lowest BCUT2D eigenvalue weighted by Crippen LogP contribution is -2.50. The summed E-state index contributed by atoms with van der Waals surface area (Å²) in [7, 11) is 0. The van der Waals surface area contributed by atoms with E-state index in [-0.39, 0.29) is 17.7 Å². The van der Waals surface area contributed by atoms with Crippen molar-refractivity contribution < 1.29 is 9.53 Å². The second-order valence-corrected chi connectivity index (χ2v) is 8.13. The number of pyridine rings is 1. The SMILES string of the molecule is Cc1ccc([C@H](NC(=O)N2CCC3(CCCO3)CC2)c2cccnc2)cc1C. The van der Waals surface area contributed by atoms with E-state index in [2.05, 4.69) is 42.3 Å². The molecule has 28 heavy (non-hydrogen) atoms. The zero-order valence-electron chi connectivity index (χ0n) is 16.8. The monoisotopic (exact) mass is 379 g/mol. The van der Waals surface area contributed by atoms with E-state index in [0.29, 0.717) is 0 Å². The molecule has 2 aromatic rings. The van der Waals surface area contributed by atoms with Crippen LogP contribution in [0.5, 0.6) is 0 Å². The molecule has 0 unspecified atom stereocenters. The van der Waals surface area contributed by atoms with Crippen LogP contribution in [0.2, 0.25) is 0 Å². The van der Waals surface area contributed by atoms with Crippen LogP contribution >= 0.6 is 0 Å². The molecule has 0 aliphatic carbocycles. The summed E-state index contributed by atoms with van der Waals surface area (Å²) in [5.41, 5.74) is 4.56. The van der Waals surface area contributed by atoms with Crippen molar-refractivity contribution in [1.29, 1.82) is 0 Å². The van der Waals surface area contributed by atoms with Crippen LogP contribution in [0.15, 0.2) is 42.7 Å². The van der Waals surface area contributed by atoms with E-state index in [1.807, 2.05) is 23.2 Å². The van der Waals surface area contributed by atoms with Gasteiger partial charge in [0.1, 0.15) is 0 Å². The summed E-state index contributed by atoms with van der Waals surface area (Å²) in [6.45, 7) is 6.57. The van der Waals surface area contributed by atoms with Crippen molar-refractivity contribution in [3.05, 3.63) is 65.0 Å². The van der Waals surface area contributed by atoms with Crippen molar-refractivity contribution in [1.82, 2.24) is 15.2 Å². The third-order valence-electron chi connectivity index (χ3n) is 6.30. The number of likely N-dealkylation sites (tertiary alicyclic amines) is 1. The minimum Gasteiger partial charge on any atom is -0.375 e. The van der Waals surface area contributed by atoms with E-state index >= 15 is 0 Å². The molecular formula is C23H29N3O2. The van der Waals surface area contributed by atoms with Gasteiger partial charge in [0.25, 0.3) is 0 Å². The summed E-state index contributed by atoms with van der Waals surface area (Å²) in [5.74, 6) is 0. The van der Waals surface area contributed by atoms with E-state index in [9.17, 15) is 4.79 Å². The van der Waals surface area contributed by atoms with Crippen LogP contribution in [0, 0.1) is 13.8 Å². The van der Waals surface area contributed by atoms with Gasteiger partial charge in [-0.05, 0) is 67.9 Å². The second-order valence-electron chi connectivity index (χ2n) is 8.13. The fourth-order valence-electron chi connectivity index (χ4n) is 4.33. The van der Waals surface area contributed by atoms with Crippen LogP contribution in [0.25, 0.3) is 0 Å². The topological polar surface area (TPSA) is 54.5 Å². The molecule has 5 heteroatoms. The van der Waals surface area contributed by atoms with E-state index < -0.39 is 0 Å². The first-order valence-electron chi connectivity index (χ1n) is 10.2. The molecule has 148 valence electrons. The Kier molecular flexibility index (Phi) is 5.36. The van der Waals surface area contributed by atoms with Crippen molar-refractivity contribution in [3.8, 4) is 0 Å². The van der Waals surface area contributed by atoms with Gasteiger partial charge in [-0.1, -0.05) is 24.3 Å². The van der Waals surface area contributed by atoms with Crippen LogP contribution in [-0.2, 0) is 4.74 Å². The van der Waals surface area contributed by atoms with Gasteiger partial charge in [-0.25, -0.2) is 4.79 Å². The van der Waals surface area contributed by atoms with Gasteiger partial charge in [0.2, 0.25) is 0 Å². The number of rotatable bonds is 3. The summed E-state index contributed by atoms with van der Waals surface area (Å²) in [5, 5.41) is 3.25. The Balaban J connectivity index is 1.51. The number of carbonyl (C=O) groups excluding carboxylic acids is 1. The van der Waals surface area contributed by atoms with Crippen molar-refractivity contribution >= 4 is 6.03 Å². The number of carbonyl (C=O) groups is 1. The molecule has 2 amide bonds. The predicted octanol–water partition coefficient (Wildman–Crippen LogP) is 4.14. The average Bonchev–Trinajstić information content (AvgIpc) is 3.17. The van der Waals surface area contributed by atoms with Crippen molar-refractivity contribution in [2.24, 2.45) is 0 Å². The molecule has 4 rings (SSSR count). The first kappa shape index (κ1) is 18.9. The fraction of sp³-hybridized carbons (Fsp3) is 0.478. The van der Waals surface area contributed by atoms with Gasteiger partial charge >= 0.3 is 6.03 Å². The molecule has 2 aliphatic heterocycles. The minimum absolute atomic E-state index is 0.0140. The predicted molar refractivity (Wildman–Crippen MR) is 109 cm³/mol. The third kappa shape index (κ3) is 3.90. The van der Waals surface area contributed by atoms with Crippen molar-refractivity contribution in [2.75, 3.05) is 19.7 Å². The molecule has 1 atom stereocenters. The number of aryl methyl sites for hydroxylation is 2. The van der Waals surface area contributed by atoms with E-state index in [1.54, 1.807) is 6.20 Å². The molecule has 1 aromatic carbocycles. The number of urea groups is 1. The largest absolute Gasteiger partial charge is 0.375 e. The highest BCUT2D eigenvalue weighted by atomic mass is 16.5. The first-order valence-corrected chi connectivity index (χ1v) is 10.2. The summed E-state index contributed by atoms with van der Waals surface area (Å²) in [4.78, 5) is 19.2. The smallest absolute Gasteiger partial charge is 0.318 e. The van der Waals surface area contributed by atoms with Crippen LogP contribution < -0.4 is 5.32 Å². The third-order valence-corrected chi connectivity index (χ3v) is 6.30. The fourth-order valence-corrected chi connectivity index (χ4v) is 4.33. The maximum atomic E-state index is 13.1. The number of piperidine rings is 1. The molecule has 1 aromatic heterocycles. The number of benzene rings is 1. The Morgan fingerprint density at radius 2 is 1.96 bits per heavy atom. The normalized spacial score (nSPS) is 19.6. The maximum Gasteiger partial charge on any atom is 0.318 e. The summed E-state index contributed by atoms with van der Waals surface area (Å²) < 4.78 is 5.99. The van der Waals surface area contributed by atoms with Gasteiger partial charge in [0.05, 0.1) is 11.6 Å².